The van der Waals surface area contributed by atoms with Gasteiger partial charge < -0.3 is 20.5 Å². The molecule has 27 heavy (non-hydrogen) atoms. The van der Waals surface area contributed by atoms with Crippen molar-refractivity contribution in [2.75, 3.05) is 19.0 Å². The number of aromatic nitrogens is 1. The number of para-hydroxylation sites is 1. The maximum Gasteiger partial charge on any atom is 0.162 e. The predicted octanol–water partition coefficient (Wildman–Crippen LogP) is 4.58. The van der Waals surface area contributed by atoms with Gasteiger partial charge in [-0.05, 0) is 44.2 Å². The number of rotatable bonds is 7. The molecule has 5 nitrogen and oxygen atoms in total. The normalized spacial score (nSPS) is 11.6. The van der Waals surface area contributed by atoms with Crippen LogP contribution in [-0.4, -0.2) is 29.3 Å². The number of methoxy groups -OCH3 is 1. The lowest BCUT2D eigenvalue weighted by molar-refractivity contribution is 0.363. The molecule has 0 amide bonds. The van der Waals surface area contributed by atoms with Crippen LogP contribution in [0, 0.1) is 0 Å². The zero-order chi connectivity index (χ0) is 19.4. The Kier molecular flexibility index (Phi) is 5.73. The van der Waals surface area contributed by atoms with Gasteiger partial charge in [0.15, 0.2) is 11.5 Å². The third-order valence-corrected chi connectivity index (χ3v) is 4.72. The van der Waals surface area contributed by atoms with Crippen molar-refractivity contribution in [3.05, 3.63) is 59.2 Å². The van der Waals surface area contributed by atoms with Gasteiger partial charge in [-0.1, -0.05) is 23.7 Å². The first kappa shape index (κ1) is 19.3. The van der Waals surface area contributed by atoms with Crippen molar-refractivity contribution in [2.24, 2.45) is 0 Å². The molecule has 1 aromatic heterocycles. The topological polar surface area (TPSA) is 66.4 Å². The van der Waals surface area contributed by atoms with Crippen molar-refractivity contribution in [3.63, 3.8) is 0 Å². The summed E-state index contributed by atoms with van der Waals surface area (Å²) in [6, 6.07) is 13.2. The second-order valence-electron chi connectivity index (χ2n) is 7.08. The molecule has 0 aliphatic heterocycles. The van der Waals surface area contributed by atoms with Crippen LogP contribution in [0.2, 0.25) is 5.02 Å². The second kappa shape index (κ2) is 8.03. The van der Waals surface area contributed by atoms with Crippen LogP contribution in [0.4, 0.5) is 5.69 Å². The van der Waals surface area contributed by atoms with Crippen LogP contribution in [-0.2, 0) is 6.54 Å². The second-order valence-corrected chi connectivity index (χ2v) is 7.52. The number of fused-ring (bicyclic) bond motifs is 1. The number of phenolic OH excluding ortho intramolecular Hbond substituents is 1. The molecule has 0 aliphatic rings. The number of hydrogen-bond acceptors (Lipinski definition) is 5. The Hall–Kier alpha value is -2.50. The number of nitrogens with zero attached hydrogens (tertiary/aromatic N) is 1. The third-order valence-electron chi connectivity index (χ3n) is 4.49. The van der Waals surface area contributed by atoms with Crippen LogP contribution in [0.1, 0.15) is 19.4 Å². The molecule has 0 fully saturated rings. The van der Waals surface area contributed by atoms with Gasteiger partial charge in [0.25, 0.3) is 0 Å². The molecule has 0 spiro atoms. The van der Waals surface area contributed by atoms with Gasteiger partial charge in [0.05, 0.1) is 12.6 Å². The van der Waals surface area contributed by atoms with Crippen LogP contribution >= 0.6 is 11.6 Å². The first-order valence-corrected chi connectivity index (χ1v) is 9.15. The van der Waals surface area contributed by atoms with Gasteiger partial charge in [0.1, 0.15) is 0 Å². The van der Waals surface area contributed by atoms with Gasteiger partial charge >= 0.3 is 0 Å². The van der Waals surface area contributed by atoms with E-state index in [0.29, 0.717) is 23.9 Å². The Labute approximate surface area is 164 Å². The first-order chi connectivity index (χ1) is 12.9. The summed E-state index contributed by atoms with van der Waals surface area (Å²) < 4.78 is 5.17. The van der Waals surface area contributed by atoms with Crippen molar-refractivity contribution >= 4 is 28.2 Å². The fourth-order valence-electron chi connectivity index (χ4n) is 2.86. The van der Waals surface area contributed by atoms with Gasteiger partial charge in [-0.15, -0.1) is 0 Å². The van der Waals surface area contributed by atoms with Crippen LogP contribution in [0.5, 0.6) is 11.5 Å². The van der Waals surface area contributed by atoms with E-state index in [2.05, 4.69) is 29.5 Å². The van der Waals surface area contributed by atoms with E-state index in [1.54, 1.807) is 19.4 Å². The zero-order valence-corrected chi connectivity index (χ0v) is 16.5. The molecule has 3 rings (SSSR count). The molecular formula is C21H24ClN3O2. The number of hydrogen-bond donors (Lipinski definition) is 3. The van der Waals surface area contributed by atoms with Gasteiger partial charge in [-0.3, -0.25) is 4.98 Å². The number of phenols is 1. The molecule has 0 unspecified atom stereocenters. The molecule has 0 radical (unpaired) electrons. The average Bonchev–Trinajstić information content (AvgIpc) is 2.65. The van der Waals surface area contributed by atoms with Crippen LogP contribution in [0.15, 0.2) is 48.7 Å². The standard InChI is InChI=1S/C21H24ClN3O2/c1-21(2,25-12-14-5-4-6-19(27-3)20(14)26)13-24-17-9-10-23-18-11-15(22)7-8-16(17)18/h4-11,25-26H,12-13H2,1-3H3,(H,23,24). The molecule has 6 heteroatoms. The molecule has 2 aromatic carbocycles. The minimum atomic E-state index is -0.211. The summed E-state index contributed by atoms with van der Waals surface area (Å²) in [6.45, 7) is 5.44. The molecule has 0 saturated heterocycles. The number of nitrogens with one attached hydrogen (secondary N) is 2. The molecule has 0 bridgehead atoms. The van der Waals surface area contributed by atoms with Gasteiger partial charge in [-0.25, -0.2) is 0 Å². The van der Waals surface area contributed by atoms with Gasteiger partial charge in [0.2, 0.25) is 0 Å². The van der Waals surface area contributed by atoms with Crippen molar-refractivity contribution in [2.45, 2.75) is 25.9 Å². The highest BCUT2D eigenvalue weighted by Crippen LogP contribution is 2.29. The molecule has 3 aromatic rings. The smallest absolute Gasteiger partial charge is 0.162 e. The highest BCUT2D eigenvalue weighted by molar-refractivity contribution is 6.31. The monoisotopic (exact) mass is 385 g/mol. The summed E-state index contributed by atoms with van der Waals surface area (Å²) in [6.07, 6.45) is 1.77. The van der Waals surface area contributed by atoms with E-state index in [1.807, 2.05) is 36.4 Å². The summed E-state index contributed by atoms with van der Waals surface area (Å²) in [7, 11) is 1.55. The minimum Gasteiger partial charge on any atom is -0.504 e. The predicted molar refractivity (Wildman–Crippen MR) is 111 cm³/mol. The van der Waals surface area contributed by atoms with E-state index >= 15 is 0 Å². The van der Waals surface area contributed by atoms with E-state index < -0.39 is 0 Å². The molecule has 1 heterocycles. The number of pyridine rings is 1. The van der Waals surface area contributed by atoms with E-state index in [4.69, 9.17) is 16.3 Å². The molecule has 0 atom stereocenters. The van der Waals surface area contributed by atoms with Crippen molar-refractivity contribution in [3.8, 4) is 11.5 Å². The van der Waals surface area contributed by atoms with E-state index in [0.717, 1.165) is 22.2 Å². The molecular weight excluding hydrogens is 362 g/mol. The SMILES string of the molecule is COc1cccc(CNC(C)(C)CNc2ccnc3cc(Cl)ccc23)c1O. The maximum atomic E-state index is 10.2. The lowest BCUT2D eigenvalue weighted by Gasteiger charge is -2.28. The Morgan fingerprint density at radius 2 is 2.00 bits per heavy atom. The van der Waals surface area contributed by atoms with Crippen molar-refractivity contribution < 1.29 is 9.84 Å². The quantitative estimate of drug-likeness (QED) is 0.555. The number of anilines is 1. The Morgan fingerprint density at radius 3 is 2.78 bits per heavy atom. The Balaban J connectivity index is 1.67. The third kappa shape index (κ3) is 4.62. The summed E-state index contributed by atoms with van der Waals surface area (Å²) in [5, 5.41) is 18.9. The number of ether oxygens (including phenoxy) is 1. The zero-order valence-electron chi connectivity index (χ0n) is 15.7. The minimum absolute atomic E-state index is 0.174. The number of aromatic hydroxyl groups is 1. The lowest BCUT2D eigenvalue weighted by Crippen LogP contribution is -2.44. The maximum absolute atomic E-state index is 10.2. The molecule has 142 valence electrons. The Bertz CT molecular complexity index is 944. The van der Waals surface area contributed by atoms with Crippen LogP contribution in [0.3, 0.4) is 0 Å². The van der Waals surface area contributed by atoms with Crippen LogP contribution < -0.4 is 15.4 Å². The largest absolute Gasteiger partial charge is 0.504 e. The molecule has 0 aliphatic carbocycles. The Morgan fingerprint density at radius 1 is 1.19 bits per heavy atom. The number of benzene rings is 2. The summed E-state index contributed by atoms with van der Waals surface area (Å²) in [5.41, 5.74) is 2.46. The van der Waals surface area contributed by atoms with Crippen LogP contribution in [0.25, 0.3) is 10.9 Å². The van der Waals surface area contributed by atoms with E-state index in [1.165, 1.54) is 0 Å². The highest BCUT2D eigenvalue weighted by atomic mass is 35.5. The fraction of sp³-hybridized carbons (Fsp3) is 0.286. The molecule has 0 saturated carbocycles. The average molecular weight is 386 g/mol. The van der Waals surface area contributed by atoms with E-state index in [9.17, 15) is 5.11 Å². The fourth-order valence-corrected chi connectivity index (χ4v) is 3.03. The summed E-state index contributed by atoms with van der Waals surface area (Å²) in [4.78, 5) is 4.37. The van der Waals surface area contributed by atoms with E-state index in [-0.39, 0.29) is 11.3 Å². The van der Waals surface area contributed by atoms with Crippen molar-refractivity contribution in [1.82, 2.24) is 10.3 Å². The highest BCUT2D eigenvalue weighted by Gasteiger charge is 2.18. The first-order valence-electron chi connectivity index (χ1n) is 8.78. The lowest BCUT2D eigenvalue weighted by atomic mass is 10.0. The van der Waals surface area contributed by atoms with Gasteiger partial charge in [0, 0.05) is 46.5 Å². The van der Waals surface area contributed by atoms with Crippen molar-refractivity contribution in [1.29, 1.82) is 0 Å². The summed E-state index contributed by atoms with van der Waals surface area (Å²) in [5.74, 6) is 0.653. The molecule has 3 N–H and O–H groups in total. The summed E-state index contributed by atoms with van der Waals surface area (Å²) >= 11 is 6.05. The number of halogens is 1. The van der Waals surface area contributed by atoms with Gasteiger partial charge in [-0.2, -0.15) is 0 Å².